The van der Waals surface area contributed by atoms with E-state index in [0.29, 0.717) is 52.2 Å². The molecule has 0 amide bonds. The Morgan fingerprint density at radius 3 is 1.83 bits per heavy atom. The summed E-state index contributed by atoms with van der Waals surface area (Å²) in [6.07, 6.45) is 9.94. The molecule has 1 heterocycles. The van der Waals surface area contributed by atoms with Gasteiger partial charge in [-0.25, -0.2) is 19.2 Å². The third-order valence-electron chi connectivity index (χ3n) is 7.24. The van der Waals surface area contributed by atoms with Gasteiger partial charge in [0.1, 0.15) is 19.3 Å². The smallest absolute Gasteiger partial charge is 0.344 e. The third kappa shape index (κ3) is 35.9. The zero-order valence-electron chi connectivity index (χ0n) is 34.1. The van der Waals surface area contributed by atoms with Crippen molar-refractivity contribution in [3.05, 3.63) is 38.0 Å². The molecule has 5 unspecified atom stereocenters. The van der Waals surface area contributed by atoms with E-state index >= 15 is 0 Å². The molecule has 1 rings (SSSR count). The molecule has 0 spiro atoms. The maximum absolute atomic E-state index is 11.0. The molecule has 1 aliphatic rings. The summed E-state index contributed by atoms with van der Waals surface area (Å²) < 4.78 is 51.9. The predicted octanol–water partition coefficient (Wildman–Crippen LogP) is 5.74. The quantitative estimate of drug-likeness (QED) is 0.0392. The molecule has 14 heteroatoms. The molecule has 0 radical (unpaired) electrons. The minimum absolute atomic E-state index is 0.0101. The summed E-state index contributed by atoms with van der Waals surface area (Å²) in [5, 5.41) is 0. The molecule has 5 atom stereocenters. The van der Waals surface area contributed by atoms with E-state index in [2.05, 4.69) is 38.3 Å². The van der Waals surface area contributed by atoms with Crippen molar-refractivity contribution in [2.45, 2.75) is 118 Å². The zero-order valence-corrected chi connectivity index (χ0v) is 34.1. The fourth-order valence-corrected chi connectivity index (χ4v) is 4.12. The van der Waals surface area contributed by atoms with E-state index in [0.717, 1.165) is 37.7 Å². The second-order valence-electron chi connectivity index (χ2n) is 12.7. The van der Waals surface area contributed by atoms with Gasteiger partial charge in [0, 0.05) is 31.4 Å². The van der Waals surface area contributed by atoms with Crippen LogP contribution < -0.4 is 0 Å². The lowest BCUT2D eigenvalue weighted by molar-refractivity contribution is -0.158. The van der Waals surface area contributed by atoms with Gasteiger partial charge in [-0.1, -0.05) is 52.8 Å². The third-order valence-corrected chi connectivity index (χ3v) is 7.24. The van der Waals surface area contributed by atoms with Crippen molar-refractivity contribution in [3.63, 3.8) is 0 Å². The Bertz CT molecular complexity index is 995. The summed E-state index contributed by atoms with van der Waals surface area (Å²) in [6, 6.07) is 0. The van der Waals surface area contributed by atoms with Crippen molar-refractivity contribution in [2.24, 2.45) is 5.92 Å². The molecule has 54 heavy (non-hydrogen) atoms. The number of esters is 4. The summed E-state index contributed by atoms with van der Waals surface area (Å²) in [4.78, 5) is 43.3. The first-order chi connectivity index (χ1) is 25.8. The Hall–Kier alpha value is -3.14. The summed E-state index contributed by atoms with van der Waals surface area (Å²) in [5.41, 5.74) is 0. The van der Waals surface area contributed by atoms with Crippen molar-refractivity contribution >= 4 is 23.9 Å². The van der Waals surface area contributed by atoms with Crippen molar-refractivity contribution in [1.82, 2.24) is 0 Å². The van der Waals surface area contributed by atoms with E-state index in [1.165, 1.54) is 25.7 Å². The Labute approximate surface area is 324 Å². The van der Waals surface area contributed by atoms with Crippen LogP contribution in [0.15, 0.2) is 38.0 Å². The first-order valence-corrected chi connectivity index (χ1v) is 19.0. The Balaban J connectivity index is 0. The maximum Gasteiger partial charge on any atom is 0.344 e. The molecular weight excluding hydrogens is 704 g/mol. The second-order valence-corrected chi connectivity index (χ2v) is 12.7. The largest absolute Gasteiger partial charge is 0.460 e. The molecule has 0 saturated carbocycles. The fourth-order valence-electron chi connectivity index (χ4n) is 4.12. The lowest BCUT2D eigenvalue weighted by atomic mass is 10.0. The SMILES string of the molecule is C=CC(=O)OC(C)COC(C)COC(C)COC(C)C.C=CC(=O)OCC(=O)OCC1CCCO1.C=CC(=O)OCCOCCOCC(CC)CCCC. The molecule has 314 valence electrons. The summed E-state index contributed by atoms with van der Waals surface area (Å²) >= 11 is 0. The average molecular weight is 775 g/mol. The van der Waals surface area contributed by atoms with Gasteiger partial charge in [0.2, 0.25) is 0 Å². The molecule has 0 N–H and O–H groups in total. The Kier molecular flexibility index (Phi) is 36.1. The maximum atomic E-state index is 11.0. The van der Waals surface area contributed by atoms with Gasteiger partial charge < -0.3 is 47.4 Å². The van der Waals surface area contributed by atoms with E-state index in [9.17, 15) is 19.2 Å². The highest BCUT2D eigenvalue weighted by Crippen LogP contribution is 2.13. The van der Waals surface area contributed by atoms with E-state index in [1.54, 1.807) is 6.92 Å². The summed E-state index contributed by atoms with van der Waals surface area (Å²) in [5.74, 6) is -1.40. The highest BCUT2D eigenvalue weighted by atomic mass is 16.6. The van der Waals surface area contributed by atoms with Gasteiger partial charge in [0.15, 0.2) is 6.61 Å². The molecule has 0 bridgehead atoms. The number of unbranched alkanes of at least 4 members (excludes halogenated alkanes) is 1. The number of carbonyl (C=O) groups is 4. The Morgan fingerprint density at radius 2 is 1.28 bits per heavy atom. The van der Waals surface area contributed by atoms with Crippen LogP contribution in [0.2, 0.25) is 0 Å². The van der Waals surface area contributed by atoms with Crippen LogP contribution in [-0.4, -0.2) is 127 Å². The van der Waals surface area contributed by atoms with Crippen LogP contribution in [0.4, 0.5) is 0 Å². The minimum atomic E-state index is -0.635. The lowest BCUT2D eigenvalue weighted by Crippen LogP contribution is -2.27. The van der Waals surface area contributed by atoms with Crippen molar-refractivity contribution in [1.29, 1.82) is 0 Å². The topological polar surface area (TPSA) is 161 Å². The molecule has 0 aromatic carbocycles. The van der Waals surface area contributed by atoms with Crippen LogP contribution in [-0.2, 0) is 66.5 Å². The molecular formula is C40H70O14. The number of carbonyl (C=O) groups excluding carboxylic acids is 4. The zero-order chi connectivity index (χ0) is 41.0. The van der Waals surface area contributed by atoms with Gasteiger partial charge >= 0.3 is 23.9 Å². The van der Waals surface area contributed by atoms with Gasteiger partial charge in [-0.05, 0) is 59.8 Å². The number of ether oxygens (including phenoxy) is 10. The van der Waals surface area contributed by atoms with E-state index in [4.69, 9.17) is 42.6 Å². The molecule has 1 aliphatic heterocycles. The highest BCUT2D eigenvalue weighted by Gasteiger charge is 2.18. The van der Waals surface area contributed by atoms with Gasteiger partial charge in [-0.15, -0.1) is 0 Å². The molecule has 0 aliphatic carbocycles. The van der Waals surface area contributed by atoms with Gasteiger partial charge in [-0.2, -0.15) is 0 Å². The van der Waals surface area contributed by atoms with Crippen molar-refractivity contribution < 1.29 is 66.5 Å². The van der Waals surface area contributed by atoms with Crippen LogP contribution >= 0.6 is 0 Å². The molecule has 14 nitrogen and oxygen atoms in total. The van der Waals surface area contributed by atoms with Crippen LogP contribution in [0.25, 0.3) is 0 Å². The monoisotopic (exact) mass is 774 g/mol. The normalized spacial score (nSPS) is 15.5. The number of hydrogen-bond acceptors (Lipinski definition) is 14. The van der Waals surface area contributed by atoms with Crippen LogP contribution in [0.5, 0.6) is 0 Å². The van der Waals surface area contributed by atoms with Crippen molar-refractivity contribution in [3.8, 4) is 0 Å². The first kappa shape index (κ1) is 53.0. The molecule has 0 aromatic rings. The second kappa shape index (κ2) is 36.8. The standard InChI is InChI=1S/C15H28O5.C15H28O4.C10H14O5/c1-7-15(16)20-14(6)10-19-13(5)9-18-12(4)8-17-11(2)3;1-4-7-8-14(5-2)13-18-10-9-17-11-12-19-15(16)6-3;1-2-9(11)15-7-10(12)14-6-8-4-3-5-13-8/h7,11-14H,1,8-10H2,2-6H3;6,14H,3-5,7-13H2,1-2H3;2,8H,1,3-7H2. The van der Waals surface area contributed by atoms with Gasteiger partial charge in [0.05, 0.1) is 64.1 Å². The number of rotatable bonds is 29. The number of hydrogen-bond donors (Lipinski definition) is 0. The summed E-state index contributed by atoms with van der Waals surface area (Å²) in [6.45, 7) is 28.4. The molecule has 1 fully saturated rings. The van der Waals surface area contributed by atoms with Crippen LogP contribution in [0.3, 0.4) is 0 Å². The van der Waals surface area contributed by atoms with E-state index in [1.807, 2.05) is 27.7 Å². The van der Waals surface area contributed by atoms with E-state index in [-0.39, 0.29) is 50.3 Å². The van der Waals surface area contributed by atoms with Gasteiger partial charge in [0.25, 0.3) is 0 Å². The first-order valence-electron chi connectivity index (χ1n) is 19.0. The highest BCUT2D eigenvalue weighted by molar-refractivity contribution is 5.83. The van der Waals surface area contributed by atoms with Crippen LogP contribution in [0, 0.1) is 5.92 Å². The molecule has 1 saturated heterocycles. The summed E-state index contributed by atoms with van der Waals surface area (Å²) in [7, 11) is 0. The lowest BCUT2D eigenvalue weighted by Gasteiger charge is -2.20. The van der Waals surface area contributed by atoms with Crippen molar-refractivity contribution in [2.75, 3.05) is 72.7 Å². The van der Waals surface area contributed by atoms with E-state index < -0.39 is 23.9 Å². The average Bonchev–Trinajstić information content (AvgIpc) is 3.70. The Morgan fingerprint density at radius 1 is 0.704 bits per heavy atom. The fraction of sp³-hybridized carbons (Fsp3) is 0.750. The predicted molar refractivity (Wildman–Crippen MR) is 205 cm³/mol. The molecule has 0 aromatic heterocycles. The van der Waals surface area contributed by atoms with Crippen LogP contribution in [0.1, 0.15) is 87.0 Å². The minimum Gasteiger partial charge on any atom is -0.460 e. The van der Waals surface area contributed by atoms with Gasteiger partial charge in [-0.3, -0.25) is 0 Å².